The first-order valence-electron chi connectivity index (χ1n) is 6.50. The van der Waals surface area contributed by atoms with Crippen LogP contribution < -0.4 is 9.64 Å². The number of ether oxygens (including phenoxy) is 1. The number of hydrogen-bond acceptors (Lipinski definition) is 3. The number of hydrogen-bond donors (Lipinski definition) is 1. The highest BCUT2D eigenvalue weighted by molar-refractivity contribution is 5.98. The average molecular weight is 283 g/mol. The fraction of sp³-hybridized carbons (Fsp3) is 0.125. The number of fused-ring (bicyclic) bond motifs is 1. The Morgan fingerprint density at radius 1 is 1.14 bits per heavy atom. The van der Waals surface area contributed by atoms with E-state index >= 15 is 0 Å². The molecular weight excluding hydrogens is 270 g/mol. The molecule has 0 aromatic heterocycles. The number of carboxylic acid groups (broad SMARTS) is 1. The van der Waals surface area contributed by atoms with Crippen molar-refractivity contribution in [2.75, 3.05) is 11.5 Å². The number of benzene rings is 2. The monoisotopic (exact) mass is 283 g/mol. The lowest BCUT2D eigenvalue weighted by Crippen LogP contribution is -2.38. The van der Waals surface area contributed by atoms with Gasteiger partial charge in [-0.1, -0.05) is 30.3 Å². The molecule has 0 unspecified atom stereocenters. The highest BCUT2D eigenvalue weighted by Crippen LogP contribution is 2.32. The Hall–Kier alpha value is -2.82. The Labute approximate surface area is 121 Å². The molecule has 5 heteroatoms. The third-order valence-corrected chi connectivity index (χ3v) is 3.38. The second-order valence-corrected chi connectivity index (χ2v) is 4.70. The molecule has 0 fully saturated rings. The minimum atomic E-state index is -1.00. The van der Waals surface area contributed by atoms with Crippen LogP contribution in [0.15, 0.2) is 48.5 Å². The van der Waals surface area contributed by atoms with Gasteiger partial charge < -0.3 is 14.7 Å². The average Bonchev–Trinajstić information content (AvgIpc) is 2.50. The molecule has 5 nitrogen and oxygen atoms in total. The smallest absolute Gasteiger partial charge is 0.336 e. The number of nitrogens with zero attached hydrogens (tertiary/aromatic N) is 1. The Kier molecular flexibility index (Phi) is 3.31. The molecular formula is C16H13NO4. The van der Waals surface area contributed by atoms with Crippen molar-refractivity contribution >= 4 is 17.6 Å². The standard InChI is InChI=1S/C16H13NO4/c18-15-10-21-14-8-4-3-7-13(14)17(15)9-11-5-1-2-6-12(11)16(19)20/h1-8H,9-10H2,(H,19,20). The van der Waals surface area contributed by atoms with Crippen LogP contribution in [-0.2, 0) is 11.3 Å². The van der Waals surface area contributed by atoms with Crippen molar-refractivity contribution in [2.45, 2.75) is 6.54 Å². The van der Waals surface area contributed by atoms with E-state index in [1.165, 1.54) is 6.07 Å². The molecule has 1 aliphatic rings. The van der Waals surface area contributed by atoms with Gasteiger partial charge >= 0.3 is 5.97 Å². The SMILES string of the molecule is O=C(O)c1ccccc1CN1C(=O)COc2ccccc21. The molecule has 1 aliphatic heterocycles. The molecule has 0 radical (unpaired) electrons. The summed E-state index contributed by atoms with van der Waals surface area (Å²) in [7, 11) is 0. The maximum Gasteiger partial charge on any atom is 0.336 e. The van der Waals surface area contributed by atoms with Crippen molar-refractivity contribution in [3.05, 3.63) is 59.7 Å². The van der Waals surface area contributed by atoms with Crippen LogP contribution in [0.25, 0.3) is 0 Å². The zero-order valence-electron chi connectivity index (χ0n) is 11.2. The third kappa shape index (κ3) is 2.45. The van der Waals surface area contributed by atoms with Crippen LogP contribution in [0.3, 0.4) is 0 Å². The summed E-state index contributed by atoms with van der Waals surface area (Å²) in [6.07, 6.45) is 0. The minimum Gasteiger partial charge on any atom is -0.482 e. The first-order chi connectivity index (χ1) is 10.2. The van der Waals surface area contributed by atoms with E-state index in [9.17, 15) is 14.7 Å². The molecule has 0 bridgehead atoms. The van der Waals surface area contributed by atoms with Gasteiger partial charge in [-0.25, -0.2) is 4.79 Å². The molecule has 1 N–H and O–H groups in total. The van der Waals surface area contributed by atoms with Gasteiger partial charge in [0.25, 0.3) is 5.91 Å². The van der Waals surface area contributed by atoms with Gasteiger partial charge in [0, 0.05) is 0 Å². The van der Waals surface area contributed by atoms with Crippen molar-refractivity contribution in [2.24, 2.45) is 0 Å². The summed E-state index contributed by atoms with van der Waals surface area (Å²) in [5.41, 5.74) is 1.46. The number of amides is 1. The Morgan fingerprint density at radius 3 is 2.67 bits per heavy atom. The van der Waals surface area contributed by atoms with E-state index in [0.29, 0.717) is 17.0 Å². The first-order valence-corrected chi connectivity index (χ1v) is 6.50. The number of rotatable bonds is 3. The van der Waals surface area contributed by atoms with Gasteiger partial charge in [0.05, 0.1) is 17.8 Å². The number of carboxylic acids is 1. The van der Waals surface area contributed by atoms with Gasteiger partial charge in [-0.05, 0) is 23.8 Å². The molecule has 21 heavy (non-hydrogen) atoms. The Morgan fingerprint density at radius 2 is 1.86 bits per heavy atom. The molecule has 1 amide bonds. The van der Waals surface area contributed by atoms with E-state index in [1.54, 1.807) is 35.2 Å². The second kappa shape index (κ2) is 5.28. The number of anilines is 1. The fourth-order valence-electron chi connectivity index (χ4n) is 2.36. The minimum absolute atomic E-state index is 0.0355. The van der Waals surface area contributed by atoms with Crippen LogP contribution in [0, 0.1) is 0 Å². The van der Waals surface area contributed by atoms with Crippen molar-refractivity contribution in [3.63, 3.8) is 0 Å². The van der Waals surface area contributed by atoms with Gasteiger partial charge in [0.1, 0.15) is 5.75 Å². The lowest BCUT2D eigenvalue weighted by molar-refractivity contribution is -0.121. The van der Waals surface area contributed by atoms with Crippen LogP contribution in [-0.4, -0.2) is 23.6 Å². The van der Waals surface area contributed by atoms with Crippen molar-refractivity contribution in [1.29, 1.82) is 0 Å². The van der Waals surface area contributed by atoms with E-state index in [4.69, 9.17) is 4.74 Å². The maximum absolute atomic E-state index is 12.1. The largest absolute Gasteiger partial charge is 0.482 e. The number of carbonyl (C=O) groups excluding carboxylic acids is 1. The third-order valence-electron chi connectivity index (χ3n) is 3.38. The Bertz CT molecular complexity index is 711. The highest BCUT2D eigenvalue weighted by atomic mass is 16.5. The van der Waals surface area contributed by atoms with Crippen LogP contribution in [0.1, 0.15) is 15.9 Å². The summed E-state index contributed by atoms with van der Waals surface area (Å²) in [6, 6.07) is 13.9. The maximum atomic E-state index is 12.1. The predicted octanol–water partition coefficient (Wildman–Crippen LogP) is 2.31. The lowest BCUT2D eigenvalue weighted by Gasteiger charge is -2.29. The highest BCUT2D eigenvalue weighted by Gasteiger charge is 2.26. The molecule has 2 aromatic rings. The van der Waals surface area contributed by atoms with Crippen LogP contribution in [0.2, 0.25) is 0 Å². The number of carbonyl (C=O) groups is 2. The first kappa shape index (κ1) is 13.2. The topological polar surface area (TPSA) is 66.8 Å². The summed E-state index contributed by atoms with van der Waals surface area (Å²) in [5.74, 6) is -0.557. The second-order valence-electron chi connectivity index (χ2n) is 4.70. The molecule has 0 spiro atoms. The van der Waals surface area contributed by atoms with Crippen molar-refractivity contribution < 1.29 is 19.4 Å². The molecule has 2 aromatic carbocycles. The van der Waals surface area contributed by atoms with Gasteiger partial charge in [0.2, 0.25) is 0 Å². The molecule has 0 atom stereocenters. The van der Waals surface area contributed by atoms with E-state index in [0.717, 1.165) is 0 Å². The molecule has 0 aliphatic carbocycles. The molecule has 0 saturated carbocycles. The van der Waals surface area contributed by atoms with Gasteiger partial charge in [-0.3, -0.25) is 4.79 Å². The number of para-hydroxylation sites is 2. The van der Waals surface area contributed by atoms with Gasteiger partial charge in [0.15, 0.2) is 6.61 Å². The summed E-state index contributed by atoms with van der Waals surface area (Å²) >= 11 is 0. The van der Waals surface area contributed by atoms with Gasteiger partial charge in [-0.2, -0.15) is 0 Å². The fourth-order valence-corrected chi connectivity index (χ4v) is 2.36. The van der Waals surface area contributed by atoms with E-state index in [2.05, 4.69) is 0 Å². The van der Waals surface area contributed by atoms with Crippen molar-refractivity contribution in [1.82, 2.24) is 0 Å². The summed E-state index contributed by atoms with van der Waals surface area (Å²) < 4.78 is 5.37. The van der Waals surface area contributed by atoms with Crippen LogP contribution >= 0.6 is 0 Å². The molecule has 106 valence electrons. The Balaban J connectivity index is 1.99. The van der Waals surface area contributed by atoms with Crippen LogP contribution in [0.4, 0.5) is 5.69 Å². The normalized spacial score (nSPS) is 13.5. The van der Waals surface area contributed by atoms with Crippen LogP contribution in [0.5, 0.6) is 5.75 Å². The number of aromatic carboxylic acids is 1. The zero-order valence-corrected chi connectivity index (χ0v) is 11.2. The lowest BCUT2D eigenvalue weighted by atomic mass is 10.1. The van der Waals surface area contributed by atoms with E-state index in [-0.39, 0.29) is 24.6 Å². The predicted molar refractivity (Wildman–Crippen MR) is 76.5 cm³/mol. The van der Waals surface area contributed by atoms with Crippen molar-refractivity contribution in [3.8, 4) is 5.75 Å². The quantitative estimate of drug-likeness (QED) is 0.938. The molecule has 1 heterocycles. The zero-order chi connectivity index (χ0) is 14.8. The van der Waals surface area contributed by atoms with Gasteiger partial charge in [-0.15, -0.1) is 0 Å². The molecule has 3 rings (SSSR count). The molecule has 0 saturated heterocycles. The summed E-state index contributed by atoms with van der Waals surface area (Å²) in [4.78, 5) is 24.9. The summed E-state index contributed by atoms with van der Waals surface area (Å²) in [6.45, 7) is 0.175. The van der Waals surface area contributed by atoms with E-state index in [1.807, 2.05) is 12.1 Å². The van der Waals surface area contributed by atoms with E-state index < -0.39 is 5.97 Å². The summed E-state index contributed by atoms with van der Waals surface area (Å²) in [5, 5.41) is 9.23.